The summed E-state index contributed by atoms with van der Waals surface area (Å²) in [5.41, 5.74) is 2.18. The normalized spacial score (nSPS) is 16.4. The summed E-state index contributed by atoms with van der Waals surface area (Å²) in [4.78, 5) is 14.0. The molecule has 0 saturated carbocycles. The van der Waals surface area contributed by atoms with Crippen LogP contribution in [0.3, 0.4) is 0 Å². The summed E-state index contributed by atoms with van der Waals surface area (Å²) < 4.78 is 0.997. The van der Waals surface area contributed by atoms with Crippen molar-refractivity contribution >= 4 is 50.9 Å². The van der Waals surface area contributed by atoms with Gasteiger partial charge in [-0.05, 0) is 48.1 Å². The van der Waals surface area contributed by atoms with Gasteiger partial charge in [0, 0.05) is 4.47 Å². The van der Waals surface area contributed by atoms with Crippen LogP contribution in [0.4, 0.5) is 5.69 Å². The Balaban J connectivity index is 1.92. The summed E-state index contributed by atoms with van der Waals surface area (Å²) in [5.74, 6) is -0.144. The van der Waals surface area contributed by atoms with Crippen molar-refractivity contribution in [1.82, 2.24) is 5.32 Å². The van der Waals surface area contributed by atoms with Crippen LogP contribution in [0.1, 0.15) is 5.56 Å². The average Bonchev–Trinajstić information content (AvgIpc) is 2.77. The first kappa shape index (κ1) is 14.0. The van der Waals surface area contributed by atoms with Crippen molar-refractivity contribution in [3.05, 3.63) is 70.3 Å². The van der Waals surface area contributed by atoms with Crippen LogP contribution in [0.5, 0.6) is 0 Å². The van der Waals surface area contributed by atoms with E-state index in [0.29, 0.717) is 10.8 Å². The molecule has 0 atom stereocenters. The minimum absolute atomic E-state index is 0.144. The molecule has 0 radical (unpaired) electrons. The SMILES string of the molecule is O=C1C(=Cc2ccc(Br)cc2)NC(=S)N1c1ccccc1. The number of amides is 1. The molecule has 0 unspecified atom stereocenters. The molecular weight excluding hydrogens is 348 g/mol. The summed E-state index contributed by atoms with van der Waals surface area (Å²) in [5, 5.41) is 3.37. The van der Waals surface area contributed by atoms with E-state index in [9.17, 15) is 4.79 Å². The summed E-state index contributed by atoms with van der Waals surface area (Å²) >= 11 is 8.65. The first-order valence-corrected chi connectivity index (χ1v) is 7.53. The van der Waals surface area contributed by atoms with Crippen molar-refractivity contribution in [2.45, 2.75) is 0 Å². The van der Waals surface area contributed by atoms with E-state index < -0.39 is 0 Å². The predicted molar refractivity (Wildman–Crippen MR) is 91.8 cm³/mol. The van der Waals surface area contributed by atoms with Crippen molar-refractivity contribution in [3.63, 3.8) is 0 Å². The first-order valence-electron chi connectivity index (χ1n) is 6.33. The van der Waals surface area contributed by atoms with E-state index in [-0.39, 0.29) is 5.91 Å². The number of hydrogen-bond donors (Lipinski definition) is 1. The van der Waals surface area contributed by atoms with Crippen LogP contribution in [0.2, 0.25) is 0 Å². The van der Waals surface area contributed by atoms with Gasteiger partial charge >= 0.3 is 0 Å². The van der Waals surface area contributed by atoms with Crippen molar-refractivity contribution in [1.29, 1.82) is 0 Å². The number of nitrogens with zero attached hydrogens (tertiary/aromatic N) is 1. The maximum absolute atomic E-state index is 12.5. The second-order valence-electron chi connectivity index (χ2n) is 4.52. The van der Waals surface area contributed by atoms with Gasteiger partial charge in [0.25, 0.3) is 5.91 Å². The zero-order valence-electron chi connectivity index (χ0n) is 10.9. The van der Waals surface area contributed by atoms with E-state index in [2.05, 4.69) is 21.2 Å². The van der Waals surface area contributed by atoms with E-state index in [1.807, 2.05) is 54.6 Å². The highest BCUT2D eigenvalue weighted by Crippen LogP contribution is 2.22. The van der Waals surface area contributed by atoms with Gasteiger partial charge in [-0.2, -0.15) is 0 Å². The number of carbonyl (C=O) groups excluding carboxylic acids is 1. The van der Waals surface area contributed by atoms with Crippen LogP contribution in [0.25, 0.3) is 6.08 Å². The van der Waals surface area contributed by atoms with Gasteiger partial charge in [-0.15, -0.1) is 0 Å². The standard InChI is InChI=1S/C16H11BrN2OS/c17-12-8-6-11(7-9-12)10-14-15(20)19(16(21)18-14)13-4-2-1-3-5-13/h1-10H,(H,18,21). The molecule has 1 saturated heterocycles. The van der Waals surface area contributed by atoms with Crippen molar-refractivity contribution < 1.29 is 4.79 Å². The number of halogens is 1. The van der Waals surface area contributed by atoms with Gasteiger partial charge < -0.3 is 5.32 Å². The molecule has 104 valence electrons. The molecule has 2 aromatic carbocycles. The maximum atomic E-state index is 12.5. The highest BCUT2D eigenvalue weighted by Gasteiger charge is 2.31. The van der Waals surface area contributed by atoms with Crippen molar-refractivity contribution in [2.24, 2.45) is 0 Å². The van der Waals surface area contributed by atoms with Crippen molar-refractivity contribution in [3.8, 4) is 0 Å². The zero-order chi connectivity index (χ0) is 14.8. The third-order valence-corrected chi connectivity index (χ3v) is 3.89. The van der Waals surface area contributed by atoms with Crippen molar-refractivity contribution in [2.75, 3.05) is 4.90 Å². The minimum Gasteiger partial charge on any atom is -0.327 e. The van der Waals surface area contributed by atoms with Crippen LogP contribution in [0, 0.1) is 0 Å². The minimum atomic E-state index is -0.144. The van der Waals surface area contributed by atoms with Gasteiger partial charge in [-0.3, -0.25) is 9.69 Å². The monoisotopic (exact) mass is 358 g/mol. The number of benzene rings is 2. The van der Waals surface area contributed by atoms with E-state index in [4.69, 9.17) is 12.2 Å². The molecule has 1 aliphatic rings. The topological polar surface area (TPSA) is 32.3 Å². The third kappa shape index (κ3) is 2.89. The lowest BCUT2D eigenvalue weighted by molar-refractivity contribution is -0.113. The van der Waals surface area contributed by atoms with Gasteiger partial charge in [0.1, 0.15) is 5.70 Å². The first-order chi connectivity index (χ1) is 10.1. The molecule has 1 amide bonds. The highest BCUT2D eigenvalue weighted by molar-refractivity contribution is 9.10. The summed E-state index contributed by atoms with van der Waals surface area (Å²) in [6, 6.07) is 17.1. The van der Waals surface area contributed by atoms with Gasteiger partial charge in [-0.1, -0.05) is 46.3 Å². The second kappa shape index (κ2) is 5.79. The molecule has 1 fully saturated rings. The summed E-state index contributed by atoms with van der Waals surface area (Å²) in [7, 11) is 0. The van der Waals surface area contributed by atoms with Crippen LogP contribution in [-0.2, 0) is 4.79 Å². The fraction of sp³-hybridized carbons (Fsp3) is 0. The molecule has 0 bridgehead atoms. The smallest absolute Gasteiger partial charge is 0.281 e. The number of rotatable bonds is 2. The van der Waals surface area contributed by atoms with E-state index in [0.717, 1.165) is 15.7 Å². The molecule has 1 aliphatic heterocycles. The number of anilines is 1. The number of carbonyl (C=O) groups is 1. The Morgan fingerprint density at radius 1 is 1.05 bits per heavy atom. The Morgan fingerprint density at radius 3 is 2.38 bits per heavy atom. The van der Waals surface area contributed by atoms with Gasteiger partial charge in [0.15, 0.2) is 5.11 Å². The molecule has 5 heteroatoms. The Hall–Kier alpha value is -1.98. The fourth-order valence-electron chi connectivity index (χ4n) is 2.07. The number of thiocarbonyl (C=S) groups is 1. The number of nitrogens with one attached hydrogen (secondary N) is 1. The van der Waals surface area contributed by atoms with Gasteiger partial charge in [-0.25, -0.2) is 0 Å². The highest BCUT2D eigenvalue weighted by atomic mass is 79.9. The molecule has 0 aliphatic carbocycles. The Kier molecular flexibility index (Phi) is 3.86. The Morgan fingerprint density at radius 2 is 1.71 bits per heavy atom. The molecule has 1 N–H and O–H groups in total. The van der Waals surface area contributed by atoms with E-state index in [1.165, 1.54) is 4.90 Å². The molecule has 21 heavy (non-hydrogen) atoms. The number of hydrogen-bond acceptors (Lipinski definition) is 2. The average molecular weight is 359 g/mol. The largest absolute Gasteiger partial charge is 0.327 e. The van der Waals surface area contributed by atoms with Crippen LogP contribution >= 0.6 is 28.1 Å². The summed E-state index contributed by atoms with van der Waals surface area (Å²) in [6.07, 6.45) is 1.80. The molecule has 0 aromatic heterocycles. The lowest BCUT2D eigenvalue weighted by Crippen LogP contribution is -2.30. The quantitative estimate of drug-likeness (QED) is 0.655. The van der Waals surface area contributed by atoms with E-state index >= 15 is 0 Å². The molecule has 2 aromatic rings. The summed E-state index contributed by atoms with van der Waals surface area (Å²) in [6.45, 7) is 0. The lowest BCUT2D eigenvalue weighted by atomic mass is 10.2. The Labute approximate surface area is 136 Å². The van der Waals surface area contributed by atoms with Crippen LogP contribution in [0.15, 0.2) is 64.8 Å². The van der Waals surface area contributed by atoms with Gasteiger partial charge in [0.2, 0.25) is 0 Å². The number of para-hydroxylation sites is 1. The fourth-order valence-corrected chi connectivity index (χ4v) is 2.63. The third-order valence-electron chi connectivity index (χ3n) is 3.07. The second-order valence-corrected chi connectivity index (χ2v) is 5.82. The molecule has 0 spiro atoms. The molecule has 3 rings (SSSR count). The maximum Gasteiger partial charge on any atom is 0.281 e. The Bertz CT molecular complexity index is 726. The zero-order valence-corrected chi connectivity index (χ0v) is 13.3. The van der Waals surface area contributed by atoms with Crippen LogP contribution < -0.4 is 10.2 Å². The lowest BCUT2D eigenvalue weighted by Gasteiger charge is -2.13. The molecule has 3 nitrogen and oxygen atoms in total. The van der Waals surface area contributed by atoms with E-state index in [1.54, 1.807) is 6.08 Å². The predicted octanol–water partition coefficient (Wildman–Crippen LogP) is 3.71. The van der Waals surface area contributed by atoms with Crippen LogP contribution in [-0.4, -0.2) is 11.0 Å². The molecule has 1 heterocycles. The van der Waals surface area contributed by atoms with Gasteiger partial charge in [0.05, 0.1) is 5.69 Å². The molecular formula is C16H11BrN2OS.